The fraction of sp³-hybridized carbons (Fsp3) is 0.188. The normalized spacial score (nSPS) is 10.4. The third kappa shape index (κ3) is 2.85. The number of carbonyl (C=O) groups excluding carboxylic acids is 1. The number of carbonyl (C=O) groups is 1. The fourth-order valence-corrected chi connectivity index (χ4v) is 1.77. The Hall–Kier alpha value is -2.23. The molecule has 0 aliphatic rings. The fourth-order valence-electron chi connectivity index (χ4n) is 1.77. The monoisotopic (exact) mass is 276 g/mol. The van der Waals surface area contributed by atoms with Gasteiger partial charge in [0.1, 0.15) is 0 Å². The van der Waals surface area contributed by atoms with Crippen molar-refractivity contribution in [2.45, 2.75) is 20.3 Å². The maximum Gasteiger partial charge on any atom is 0.343 e. The molecule has 0 saturated heterocycles. The molecule has 4 heteroatoms. The molecular weight excluding hydrogens is 262 g/mol. The molecule has 0 heterocycles. The van der Waals surface area contributed by atoms with Gasteiger partial charge in [0.15, 0.2) is 11.6 Å². The van der Waals surface area contributed by atoms with E-state index in [2.05, 4.69) is 0 Å². The van der Waals surface area contributed by atoms with E-state index < -0.39 is 23.4 Å². The summed E-state index contributed by atoms with van der Waals surface area (Å²) in [5.41, 5.74) is 1.53. The average Bonchev–Trinajstić information content (AvgIpc) is 2.45. The third-order valence-corrected chi connectivity index (χ3v) is 3.00. The Morgan fingerprint density at radius 3 is 2.30 bits per heavy atom. The van der Waals surface area contributed by atoms with E-state index in [0.29, 0.717) is 6.42 Å². The highest BCUT2D eigenvalue weighted by atomic mass is 19.2. The molecule has 20 heavy (non-hydrogen) atoms. The van der Waals surface area contributed by atoms with Crippen molar-refractivity contribution >= 4 is 5.97 Å². The number of halogens is 2. The highest BCUT2D eigenvalue weighted by molar-refractivity contribution is 5.91. The predicted octanol–water partition coefficient (Wildman–Crippen LogP) is 4.05. The minimum Gasteiger partial charge on any atom is -0.420 e. The number of aryl methyl sites for hydroxylation is 2. The standard InChI is InChI=1S/C16H14F2O2/c1-3-11-8-9-13(15(18)14(11)17)20-16(19)12-6-4-10(2)5-7-12/h4-9H,3H2,1-2H3. The lowest BCUT2D eigenvalue weighted by Crippen LogP contribution is -2.10. The van der Waals surface area contributed by atoms with E-state index in [1.165, 1.54) is 12.1 Å². The molecule has 0 spiro atoms. The summed E-state index contributed by atoms with van der Waals surface area (Å²) in [6.45, 7) is 3.60. The number of ether oxygens (including phenoxy) is 1. The zero-order valence-corrected chi connectivity index (χ0v) is 11.2. The van der Waals surface area contributed by atoms with E-state index in [9.17, 15) is 13.6 Å². The van der Waals surface area contributed by atoms with Gasteiger partial charge in [-0.15, -0.1) is 0 Å². The van der Waals surface area contributed by atoms with Gasteiger partial charge in [-0.2, -0.15) is 4.39 Å². The van der Waals surface area contributed by atoms with Gasteiger partial charge in [-0.1, -0.05) is 30.7 Å². The van der Waals surface area contributed by atoms with Crippen LogP contribution < -0.4 is 4.74 Å². The lowest BCUT2D eigenvalue weighted by Gasteiger charge is -2.08. The van der Waals surface area contributed by atoms with Gasteiger partial charge < -0.3 is 4.74 Å². The van der Waals surface area contributed by atoms with Crippen LogP contribution in [0.2, 0.25) is 0 Å². The summed E-state index contributed by atoms with van der Waals surface area (Å²) in [5, 5.41) is 0. The molecule has 2 rings (SSSR count). The van der Waals surface area contributed by atoms with Gasteiger partial charge in [0.05, 0.1) is 5.56 Å². The summed E-state index contributed by atoms with van der Waals surface area (Å²) < 4.78 is 32.2. The van der Waals surface area contributed by atoms with E-state index >= 15 is 0 Å². The molecule has 2 nitrogen and oxygen atoms in total. The van der Waals surface area contributed by atoms with Crippen molar-refractivity contribution in [3.05, 3.63) is 64.7 Å². The van der Waals surface area contributed by atoms with Crippen LogP contribution in [0.5, 0.6) is 5.75 Å². The van der Waals surface area contributed by atoms with E-state index in [4.69, 9.17) is 4.74 Å². The molecule has 0 unspecified atom stereocenters. The van der Waals surface area contributed by atoms with Crippen LogP contribution >= 0.6 is 0 Å². The second kappa shape index (κ2) is 5.82. The first-order valence-corrected chi connectivity index (χ1v) is 6.28. The summed E-state index contributed by atoms with van der Waals surface area (Å²) in [7, 11) is 0. The van der Waals surface area contributed by atoms with Gasteiger partial charge in [0, 0.05) is 0 Å². The van der Waals surface area contributed by atoms with Crippen LogP contribution in [0.15, 0.2) is 36.4 Å². The van der Waals surface area contributed by atoms with Crippen molar-refractivity contribution in [3.8, 4) is 5.75 Å². The van der Waals surface area contributed by atoms with Gasteiger partial charge in [-0.05, 0) is 37.1 Å². The Kier molecular flexibility index (Phi) is 4.13. The number of benzene rings is 2. The van der Waals surface area contributed by atoms with E-state index in [0.717, 1.165) is 5.56 Å². The van der Waals surface area contributed by atoms with Gasteiger partial charge in [-0.25, -0.2) is 9.18 Å². The maximum absolute atomic E-state index is 13.7. The quantitative estimate of drug-likeness (QED) is 0.624. The summed E-state index contributed by atoms with van der Waals surface area (Å²) in [6, 6.07) is 9.32. The lowest BCUT2D eigenvalue weighted by atomic mass is 10.1. The van der Waals surface area contributed by atoms with E-state index in [1.807, 2.05) is 6.92 Å². The van der Waals surface area contributed by atoms with Crippen molar-refractivity contribution < 1.29 is 18.3 Å². The highest BCUT2D eigenvalue weighted by Crippen LogP contribution is 2.24. The van der Waals surface area contributed by atoms with Crippen LogP contribution in [0.1, 0.15) is 28.4 Å². The summed E-state index contributed by atoms with van der Waals surface area (Å²) >= 11 is 0. The summed E-state index contributed by atoms with van der Waals surface area (Å²) in [4.78, 5) is 11.8. The van der Waals surface area contributed by atoms with Crippen LogP contribution in [0.25, 0.3) is 0 Å². The first-order valence-electron chi connectivity index (χ1n) is 6.28. The van der Waals surface area contributed by atoms with Crippen LogP contribution in [0, 0.1) is 18.6 Å². The van der Waals surface area contributed by atoms with E-state index in [1.54, 1.807) is 31.2 Å². The molecule has 0 saturated carbocycles. The highest BCUT2D eigenvalue weighted by Gasteiger charge is 2.17. The molecule has 0 atom stereocenters. The molecule has 0 aliphatic heterocycles. The van der Waals surface area contributed by atoms with Crippen molar-refractivity contribution in [3.63, 3.8) is 0 Å². The molecule has 0 amide bonds. The molecule has 0 aliphatic carbocycles. The molecule has 0 fully saturated rings. The topological polar surface area (TPSA) is 26.3 Å². The second-order valence-electron chi connectivity index (χ2n) is 4.46. The Labute approximate surface area is 116 Å². The molecule has 104 valence electrons. The SMILES string of the molecule is CCc1ccc(OC(=O)c2ccc(C)cc2)c(F)c1F. The number of hydrogen-bond acceptors (Lipinski definition) is 2. The minimum atomic E-state index is -1.13. The zero-order valence-electron chi connectivity index (χ0n) is 11.2. The minimum absolute atomic E-state index is 0.248. The van der Waals surface area contributed by atoms with Crippen molar-refractivity contribution in [2.75, 3.05) is 0 Å². The van der Waals surface area contributed by atoms with Gasteiger partial charge in [-0.3, -0.25) is 0 Å². The molecule has 2 aromatic rings. The summed E-state index contributed by atoms with van der Waals surface area (Å²) in [6.07, 6.45) is 0.370. The first kappa shape index (κ1) is 14.2. The van der Waals surface area contributed by atoms with Crippen LogP contribution in [-0.2, 0) is 6.42 Å². The van der Waals surface area contributed by atoms with Crippen molar-refractivity contribution in [1.82, 2.24) is 0 Å². The smallest absolute Gasteiger partial charge is 0.343 e. The summed E-state index contributed by atoms with van der Waals surface area (Å²) in [5.74, 6) is -3.22. The molecule has 0 aromatic heterocycles. The number of rotatable bonds is 3. The van der Waals surface area contributed by atoms with Gasteiger partial charge in [0.25, 0.3) is 0 Å². The number of hydrogen-bond donors (Lipinski definition) is 0. The zero-order chi connectivity index (χ0) is 14.7. The largest absolute Gasteiger partial charge is 0.420 e. The Morgan fingerprint density at radius 1 is 1.05 bits per heavy atom. The second-order valence-corrected chi connectivity index (χ2v) is 4.46. The van der Waals surface area contributed by atoms with Crippen molar-refractivity contribution in [1.29, 1.82) is 0 Å². The predicted molar refractivity (Wildman–Crippen MR) is 71.9 cm³/mol. The average molecular weight is 276 g/mol. The maximum atomic E-state index is 13.7. The first-order chi connectivity index (χ1) is 9.52. The molecular formula is C16H14F2O2. The Morgan fingerprint density at radius 2 is 1.70 bits per heavy atom. The molecule has 2 aromatic carbocycles. The number of esters is 1. The van der Waals surface area contributed by atoms with Crippen LogP contribution in [-0.4, -0.2) is 5.97 Å². The van der Waals surface area contributed by atoms with E-state index in [-0.39, 0.29) is 11.1 Å². The molecule has 0 N–H and O–H groups in total. The molecule has 0 radical (unpaired) electrons. The van der Waals surface area contributed by atoms with Gasteiger partial charge in [0.2, 0.25) is 5.82 Å². The van der Waals surface area contributed by atoms with Crippen LogP contribution in [0.4, 0.5) is 8.78 Å². The van der Waals surface area contributed by atoms with Gasteiger partial charge >= 0.3 is 5.97 Å². The molecule has 0 bridgehead atoms. The Bertz CT molecular complexity index is 634. The lowest BCUT2D eigenvalue weighted by molar-refractivity contribution is 0.0726. The van der Waals surface area contributed by atoms with Crippen LogP contribution in [0.3, 0.4) is 0 Å². The Balaban J connectivity index is 2.24. The third-order valence-electron chi connectivity index (χ3n) is 3.00. The van der Waals surface area contributed by atoms with Crippen molar-refractivity contribution in [2.24, 2.45) is 0 Å².